The summed E-state index contributed by atoms with van der Waals surface area (Å²) in [6, 6.07) is 0. The van der Waals surface area contributed by atoms with E-state index in [1.54, 1.807) is 0 Å². The molecule has 0 aliphatic heterocycles. The van der Waals surface area contributed by atoms with Crippen LogP contribution in [0.1, 0.15) is 19.3 Å². The molecule has 0 aromatic carbocycles. The molecule has 0 unspecified atom stereocenters. The first-order chi connectivity index (χ1) is 5.00. The van der Waals surface area contributed by atoms with Gasteiger partial charge in [0.1, 0.15) is 6.10 Å². The highest BCUT2D eigenvalue weighted by molar-refractivity contribution is 7.02. The standard InChI is InChI=1S/C8H16O2Si/c1-11(2,3)8(9)10-7-5-4-6-7/h7H,4-6H2,1-3H3. The van der Waals surface area contributed by atoms with Crippen molar-refractivity contribution in [2.75, 3.05) is 0 Å². The van der Waals surface area contributed by atoms with Crippen molar-refractivity contribution in [2.45, 2.75) is 45.0 Å². The van der Waals surface area contributed by atoms with Gasteiger partial charge in [-0.3, -0.25) is 4.79 Å². The predicted octanol–water partition coefficient (Wildman–Crippen LogP) is 2.60. The summed E-state index contributed by atoms with van der Waals surface area (Å²) in [6.07, 6.45) is 3.64. The molecule has 0 saturated heterocycles. The number of hydrogen-bond acceptors (Lipinski definition) is 2. The number of rotatable bonds is 2. The van der Waals surface area contributed by atoms with Gasteiger partial charge in [0.2, 0.25) is 0 Å². The van der Waals surface area contributed by atoms with Crippen LogP contribution in [-0.4, -0.2) is 19.8 Å². The molecule has 0 amide bonds. The topological polar surface area (TPSA) is 26.3 Å². The smallest absolute Gasteiger partial charge is 0.271 e. The Morgan fingerprint density at radius 3 is 2.18 bits per heavy atom. The van der Waals surface area contributed by atoms with Crippen LogP contribution in [0.15, 0.2) is 0 Å². The highest BCUT2D eigenvalue weighted by Gasteiger charge is 2.30. The molecular weight excluding hydrogens is 156 g/mol. The van der Waals surface area contributed by atoms with Crippen LogP contribution in [0.25, 0.3) is 0 Å². The van der Waals surface area contributed by atoms with Crippen LogP contribution < -0.4 is 0 Å². The van der Waals surface area contributed by atoms with E-state index >= 15 is 0 Å². The molecule has 0 aromatic heterocycles. The van der Waals surface area contributed by atoms with Crippen molar-refractivity contribution in [3.8, 4) is 0 Å². The second-order valence-corrected chi connectivity index (χ2v) is 9.12. The summed E-state index contributed by atoms with van der Waals surface area (Å²) in [5.41, 5.74) is 0.0715. The molecule has 1 saturated carbocycles. The van der Waals surface area contributed by atoms with Crippen LogP contribution in [0, 0.1) is 0 Å². The van der Waals surface area contributed by atoms with Gasteiger partial charge < -0.3 is 4.74 Å². The molecule has 0 N–H and O–H groups in total. The van der Waals surface area contributed by atoms with E-state index in [-0.39, 0.29) is 11.7 Å². The molecule has 0 radical (unpaired) electrons. The van der Waals surface area contributed by atoms with Crippen molar-refractivity contribution in [3.05, 3.63) is 0 Å². The molecule has 0 heterocycles. The third-order valence-electron chi connectivity index (χ3n) is 1.94. The Bertz CT molecular complexity index is 156. The Balaban J connectivity index is 2.30. The van der Waals surface area contributed by atoms with Gasteiger partial charge in [0, 0.05) is 0 Å². The predicted molar refractivity (Wildman–Crippen MR) is 47.5 cm³/mol. The van der Waals surface area contributed by atoms with E-state index in [4.69, 9.17) is 4.74 Å². The number of carbonyl (C=O) groups excluding carboxylic acids is 1. The second-order valence-electron chi connectivity index (χ2n) is 4.21. The van der Waals surface area contributed by atoms with Gasteiger partial charge in [0.25, 0.3) is 5.59 Å². The third kappa shape index (κ3) is 2.33. The third-order valence-corrected chi connectivity index (χ3v) is 3.28. The van der Waals surface area contributed by atoms with Gasteiger partial charge in [-0.15, -0.1) is 0 Å². The van der Waals surface area contributed by atoms with Gasteiger partial charge in [-0.05, 0) is 19.3 Å². The lowest BCUT2D eigenvalue weighted by atomic mass is 9.96. The largest absolute Gasteiger partial charge is 0.467 e. The van der Waals surface area contributed by atoms with Crippen molar-refractivity contribution >= 4 is 13.7 Å². The molecular formula is C8H16O2Si. The number of carbonyl (C=O) groups is 1. The van der Waals surface area contributed by atoms with Crippen molar-refractivity contribution in [3.63, 3.8) is 0 Å². The Kier molecular flexibility index (Phi) is 2.37. The second kappa shape index (κ2) is 2.97. The van der Waals surface area contributed by atoms with Gasteiger partial charge in [0.05, 0.1) is 0 Å². The lowest BCUT2D eigenvalue weighted by molar-refractivity contribution is 0.0685. The fraction of sp³-hybridized carbons (Fsp3) is 0.875. The van der Waals surface area contributed by atoms with E-state index in [1.165, 1.54) is 6.42 Å². The zero-order chi connectivity index (χ0) is 8.48. The van der Waals surface area contributed by atoms with E-state index in [9.17, 15) is 4.79 Å². The van der Waals surface area contributed by atoms with Crippen LogP contribution in [-0.2, 0) is 4.74 Å². The first-order valence-corrected chi connectivity index (χ1v) is 7.71. The Morgan fingerprint density at radius 2 is 1.91 bits per heavy atom. The number of hydrogen-bond donors (Lipinski definition) is 0. The van der Waals surface area contributed by atoms with E-state index in [2.05, 4.69) is 0 Å². The minimum absolute atomic E-state index is 0.0715. The summed E-state index contributed by atoms with van der Waals surface area (Å²) >= 11 is 0. The van der Waals surface area contributed by atoms with Gasteiger partial charge in [-0.2, -0.15) is 0 Å². The highest BCUT2D eigenvalue weighted by Crippen LogP contribution is 2.23. The molecule has 1 aliphatic rings. The van der Waals surface area contributed by atoms with Gasteiger partial charge in [0.15, 0.2) is 8.07 Å². The minimum atomic E-state index is -1.67. The molecule has 0 spiro atoms. The van der Waals surface area contributed by atoms with Crippen molar-refractivity contribution in [2.24, 2.45) is 0 Å². The molecule has 0 bridgehead atoms. The summed E-state index contributed by atoms with van der Waals surface area (Å²) in [6.45, 7) is 6.07. The average Bonchev–Trinajstić information content (AvgIpc) is 1.75. The van der Waals surface area contributed by atoms with Crippen molar-refractivity contribution in [1.82, 2.24) is 0 Å². The zero-order valence-electron chi connectivity index (χ0n) is 7.52. The molecule has 3 heteroatoms. The van der Waals surface area contributed by atoms with Crippen molar-refractivity contribution < 1.29 is 9.53 Å². The van der Waals surface area contributed by atoms with Gasteiger partial charge in [-0.25, -0.2) is 0 Å². The number of ether oxygens (including phenoxy) is 1. The van der Waals surface area contributed by atoms with E-state index in [1.807, 2.05) is 19.6 Å². The van der Waals surface area contributed by atoms with E-state index in [0.717, 1.165) is 12.8 Å². The average molecular weight is 172 g/mol. The first kappa shape index (κ1) is 8.78. The van der Waals surface area contributed by atoms with Gasteiger partial charge >= 0.3 is 0 Å². The summed E-state index contributed by atoms with van der Waals surface area (Å²) in [7, 11) is -1.67. The van der Waals surface area contributed by atoms with E-state index < -0.39 is 8.07 Å². The van der Waals surface area contributed by atoms with Crippen LogP contribution in [0.5, 0.6) is 0 Å². The quantitative estimate of drug-likeness (QED) is 0.598. The van der Waals surface area contributed by atoms with Crippen LogP contribution in [0.4, 0.5) is 4.79 Å². The maximum absolute atomic E-state index is 11.3. The summed E-state index contributed by atoms with van der Waals surface area (Å²) in [5, 5.41) is 0. The highest BCUT2D eigenvalue weighted by atomic mass is 28.3. The molecule has 0 aromatic rings. The zero-order valence-corrected chi connectivity index (χ0v) is 8.52. The van der Waals surface area contributed by atoms with Crippen LogP contribution in [0.2, 0.25) is 19.6 Å². The Labute approximate surface area is 68.9 Å². The monoisotopic (exact) mass is 172 g/mol. The van der Waals surface area contributed by atoms with Crippen LogP contribution in [0.3, 0.4) is 0 Å². The molecule has 0 atom stereocenters. The molecule has 1 rings (SSSR count). The summed E-state index contributed by atoms with van der Waals surface area (Å²) in [5.74, 6) is 0. The normalized spacial score (nSPS) is 19.2. The lowest BCUT2D eigenvalue weighted by Gasteiger charge is -2.28. The molecule has 2 nitrogen and oxygen atoms in total. The van der Waals surface area contributed by atoms with E-state index in [0.29, 0.717) is 0 Å². The Morgan fingerprint density at radius 1 is 1.36 bits per heavy atom. The fourth-order valence-electron chi connectivity index (χ4n) is 0.817. The molecule has 11 heavy (non-hydrogen) atoms. The molecule has 1 aliphatic carbocycles. The van der Waals surface area contributed by atoms with Crippen LogP contribution >= 0.6 is 0 Å². The summed E-state index contributed by atoms with van der Waals surface area (Å²) in [4.78, 5) is 11.3. The van der Waals surface area contributed by atoms with Crippen molar-refractivity contribution in [1.29, 1.82) is 0 Å². The summed E-state index contributed by atoms with van der Waals surface area (Å²) < 4.78 is 5.27. The SMILES string of the molecule is C[Si](C)(C)C(=O)OC1CCC1. The molecule has 1 fully saturated rings. The molecule has 64 valence electrons. The maximum atomic E-state index is 11.3. The minimum Gasteiger partial charge on any atom is -0.467 e. The maximum Gasteiger partial charge on any atom is 0.271 e. The van der Waals surface area contributed by atoms with Gasteiger partial charge in [-0.1, -0.05) is 19.6 Å². The lowest BCUT2D eigenvalue weighted by Crippen LogP contribution is -2.38. The first-order valence-electron chi connectivity index (χ1n) is 4.21. The fourth-order valence-corrected chi connectivity index (χ4v) is 1.34. The Hall–Kier alpha value is -0.313.